The molecule has 0 atom stereocenters. The predicted molar refractivity (Wildman–Crippen MR) is 94.5 cm³/mol. The molecular weight excluding hydrogens is 336 g/mol. The molecular formula is C18H18N4O4. The third-order valence-electron chi connectivity index (χ3n) is 3.77. The van der Waals surface area contributed by atoms with Crippen molar-refractivity contribution in [3.8, 4) is 6.07 Å². The Balaban J connectivity index is 2.32. The minimum Gasteiger partial charge on any atom is -0.380 e. The third-order valence-corrected chi connectivity index (χ3v) is 3.77. The molecule has 8 nitrogen and oxygen atoms in total. The Morgan fingerprint density at radius 2 is 2.04 bits per heavy atom. The highest BCUT2D eigenvalue weighted by Crippen LogP contribution is 2.14. The molecule has 2 amide bonds. The van der Waals surface area contributed by atoms with Crippen molar-refractivity contribution >= 4 is 17.5 Å². The van der Waals surface area contributed by atoms with Crippen molar-refractivity contribution in [1.29, 1.82) is 5.26 Å². The number of rotatable bonds is 6. The van der Waals surface area contributed by atoms with Crippen LogP contribution in [0, 0.1) is 18.3 Å². The SMILES string of the molecule is COCc1cc(C)n(CC(=O)Nc2ccccc2C(N)=O)c(=O)c1C#N. The molecule has 0 unspecified atom stereocenters. The minimum absolute atomic E-state index is 0.0669. The first kappa shape index (κ1) is 18.9. The van der Waals surface area contributed by atoms with Gasteiger partial charge in [0.25, 0.3) is 11.5 Å². The molecule has 0 spiro atoms. The number of hydrogen-bond donors (Lipinski definition) is 2. The van der Waals surface area contributed by atoms with Crippen LogP contribution in [0.15, 0.2) is 35.1 Å². The summed E-state index contributed by atoms with van der Waals surface area (Å²) in [5, 5.41) is 11.8. The Bertz CT molecular complexity index is 957. The highest BCUT2D eigenvalue weighted by molar-refractivity contribution is 6.02. The third kappa shape index (κ3) is 3.96. The Morgan fingerprint density at radius 1 is 1.35 bits per heavy atom. The van der Waals surface area contributed by atoms with Crippen molar-refractivity contribution in [3.63, 3.8) is 0 Å². The largest absolute Gasteiger partial charge is 0.380 e. The first-order valence-corrected chi connectivity index (χ1v) is 7.70. The highest BCUT2D eigenvalue weighted by atomic mass is 16.5. The Kier molecular flexibility index (Phi) is 5.88. The van der Waals surface area contributed by atoms with E-state index in [1.54, 1.807) is 25.1 Å². The van der Waals surface area contributed by atoms with Crippen LogP contribution in [0.3, 0.4) is 0 Å². The van der Waals surface area contributed by atoms with Crippen LogP contribution in [0.5, 0.6) is 0 Å². The average Bonchev–Trinajstić information content (AvgIpc) is 2.59. The van der Waals surface area contributed by atoms with E-state index >= 15 is 0 Å². The van der Waals surface area contributed by atoms with Gasteiger partial charge in [-0.05, 0) is 25.1 Å². The standard InChI is InChI=1S/C18H18N4O4/c1-11-7-12(10-26-2)14(8-19)18(25)22(11)9-16(23)21-15-6-4-3-5-13(15)17(20)24/h3-7H,9-10H2,1-2H3,(H2,20,24)(H,21,23). The fourth-order valence-corrected chi connectivity index (χ4v) is 2.56. The zero-order valence-electron chi connectivity index (χ0n) is 14.4. The second-order valence-electron chi connectivity index (χ2n) is 5.58. The second-order valence-corrected chi connectivity index (χ2v) is 5.58. The van der Waals surface area contributed by atoms with Crippen LogP contribution in [0.2, 0.25) is 0 Å². The maximum atomic E-state index is 12.5. The fourth-order valence-electron chi connectivity index (χ4n) is 2.56. The van der Waals surface area contributed by atoms with E-state index in [0.717, 1.165) is 0 Å². The highest BCUT2D eigenvalue weighted by Gasteiger charge is 2.16. The fraction of sp³-hybridized carbons (Fsp3) is 0.222. The number of carbonyl (C=O) groups excluding carboxylic acids is 2. The zero-order chi connectivity index (χ0) is 19.3. The number of carbonyl (C=O) groups is 2. The van der Waals surface area contributed by atoms with Crippen molar-refractivity contribution in [2.45, 2.75) is 20.1 Å². The number of nitrogens with zero attached hydrogens (tertiary/aromatic N) is 2. The second kappa shape index (κ2) is 8.09. The van der Waals surface area contributed by atoms with E-state index in [4.69, 9.17) is 10.5 Å². The number of nitriles is 1. The Morgan fingerprint density at radius 3 is 2.65 bits per heavy atom. The summed E-state index contributed by atoms with van der Waals surface area (Å²) >= 11 is 0. The number of methoxy groups -OCH3 is 1. The van der Waals surface area contributed by atoms with Gasteiger partial charge in [-0.1, -0.05) is 12.1 Å². The van der Waals surface area contributed by atoms with Gasteiger partial charge in [-0.3, -0.25) is 14.4 Å². The number of hydrogen-bond acceptors (Lipinski definition) is 5. The maximum absolute atomic E-state index is 12.5. The monoisotopic (exact) mass is 354 g/mol. The quantitative estimate of drug-likeness (QED) is 0.797. The molecule has 0 aliphatic carbocycles. The van der Waals surface area contributed by atoms with Crippen molar-refractivity contribution in [3.05, 3.63) is 63.1 Å². The summed E-state index contributed by atoms with van der Waals surface area (Å²) < 4.78 is 6.19. The number of primary amides is 1. The number of pyridine rings is 1. The molecule has 2 aromatic rings. The summed E-state index contributed by atoms with van der Waals surface area (Å²) in [5.74, 6) is -1.20. The van der Waals surface area contributed by atoms with Gasteiger partial charge in [0.05, 0.1) is 17.9 Å². The van der Waals surface area contributed by atoms with Crippen LogP contribution >= 0.6 is 0 Å². The predicted octanol–water partition coefficient (Wildman–Crippen LogP) is 0.912. The number of nitrogens with two attached hydrogens (primary N) is 1. The van der Waals surface area contributed by atoms with Crippen LogP contribution in [-0.2, 0) is 22.7 Å². The van der Waals surface area contributed by atoms with Crippen molar-refractivity contribution in [2.75, 3.05) is 12.4 Å². The molecule has 1 heterocycles. The first-order valence-electron chi connectivity index (χ1n) is 7.70. The van der Waals surface area contributed by atoms with Gasteiger partial charge in [0, 0.05) is 18.4 Å². The molecule has 0 aliphatic rings. The summed E-state index contributed by atoms with van der Waals surface area (Å²) in [6.07, 6.45) is 0. The summed E-state index contributed by atoms with van der Waals surface area (Å²) in [4.78, 5) is 36.3. The molecule has 0 radical (unpaired) electrons. The van der Waals surface area contributed by atoms with E-state index in [1.807, 2.05) is 6.07 Å². The average molecular weight is 354 g/mol. The van der Waals surface area contributed by atoms with Crippen LogP contribution in [0.4, 0.5) is 5.69 Å². The van der Waals surface area contributed by atoms with Crippen LogP contribution in [0.1, 0.15) is 27.2 Å². The number of aryl methyl sites for hydroxylation is 1. The number of amides is 2. The van der Waals surface area contributed by atoms with Gasteiger partial charge in [-0.2, -0.15) is 5.26 Å². The van der Waals surface area contributed by atoms with Gasteiger partial charge in [0.2, 0.25) is 5.91 Å². The normalized spacial score (nSPS) is 10.2. The number of benzene rings is 1. The molecule has 134 valence electrons. The van der Waals surface area contributed by atoms with E-state index in [0.29, 0.717) is 11.3 Å². The smallest absolute Gasteiger partial charge is 0.269 e. The summed E-state index contributed by atoms with van der Waals surface area (Å²) in [7, 11) is 1.46. The number of aromatic nitrogens is 1. The topological polar surface area (TPSA) is 127 Å². The number of ether oxygens (including phenoxy) is 1. The Labute approximate surface area is 149 Å². The molecule has 0 saturated heterocycles. The minimum atomic E-state index is -0.676. The van der Waals surface area contributed by atoms with Crippen molar-refractivity contribution in [1.82, 2.24) is 4.57 Å². The molecule has 1 aromatic carbocycles. The molecule has 2 rings (SSSR count). The van der Waals surface area contributed by atoms with Crippen LogP contribution in [-0.4, -0.2) is 23.5 Å². The molecule has 0 fully saturated rings. The number of para-hydroxylation sites is 1. The summed E-state index contributed by atoms with van der Waals surface area (Å²) in [6, 6.07) is 9.79. The van der Waals surface area contributed by atoms with E-state index in [9.17, 15) is 19.6 Å². The lowest BCUT2D eigenvalue weighted by Gasteiger charge is -2.14. The molecule has 0 bridgehead atoms. The molecule has 26 heavy (non-hydrogen) atoms. The zero-order valence-corrected chi connectivity index (χ0v) is 14.4. The van der Waals surface area contributed by atoms with E-state index in [-0.39, 0.29) is 30.0 Å². The summed E-state index contributed by atoms with van der Waals surface area (Å²) in [6.45, 7) is 1.48. The lowest BCUT2D eigenvalue weighted by molar-refractivity contribution is -0.116. The lowest BCUT2D eigenvalue weighted by Crippen LogP contribution is -2.32. The van der Waals surface area contributed by atoms with E-state index in [2.05, 4.69) is 5.32 Å². The van der Waals surface area contributed by atoms with E-state index in [1.165, 1.54) is 23.8 Å². The van der Waals surface area contributed by atoms with Gasteiger partial charge in [0.1, 0.15) is 18.2 Å². The molecule has 0 saturated carbocycles. The van der Waals surface area contributed by atoms with Crippen LogP contribution in [0.25, 0.3) is 0 Å². The van der Waals surface area contributed by atoms with E-state index < -0.39 is 17.4 Å². The van der Waals surface area contributed by atoms with Gasteiger partial charge < -0.3 is 20.4 Å². The van der Waals surface area contributed by atoms with Gasteiger partial charge in [-0.25, -0.2) is 0 Å². The first-order chi connectivity index (χ1) is 12.4. The molecule has 3 N–H and O–H groups in total. The van der Waals surface area contributed by atoms with Crippen molar-refractivity contribution in [2.24, 2.45) is 5.73 Å². The lowest BCUT2D eigenvalue weighted by atomic mass is 10.1. The Hall–Kier alpha value is -3.44. The molecule has 8 heteroatoms. The van der Waals surface area contributed by atoms with Gasteiger partial charge >= 0.3 is 0 Å². The van der Waals surface area contributed by atoms with Gasteiger partial charge in [-0.15, -0.1) is 0 Å². The molecule has 0 aliphatic heterocycles. The maximum Gasteiger partial charge on any atom is 0.269 e. The number of nitrogens with one attached hydrogen (secondary N) is 1. The number of anilines is 1. The summed E-state index contributed by atoms with van der Waals surface area (Å²) in [5.41, 5.74) is 6.04. The van der Waals surface area contributed by atoms with Crippen molar-refractivity contribution < 1.29 is 14.3 Å². The molecule has 1 aromatic heterocycles. The van der Waals surface area contributed by atoms with Crippen LogP contribution < -0.4 is 16.6 Å². The van der Waals surface area contributed by atoms with Gasteiger partial charge in [0.15, 0.2) is 0 Å².